The van der Waals surface area contributed by atoms with Crippen LogP contribution in [0, 0.1) is 0 Å². The molecule has 0 aliphatic carbocycles. The Labute approximate surface area is 132 Å². The first kappa shape index (κ1) is 16.9. The second kappa shape index (κ2) is 7.19. The van der Waals surface area contributed by atoms with Crippen LogP contribution in [-0.2, 0) is 16.6 Å². The summed E-state index contributed by atoms with van der Waals surface area (Å²) < 4.78 is 27.4. The summed E-state index contributed by atoms with van der Waals surface area (Å²) in [4.78, 5) is 2.10. The van der Waals surface area contributed by atoms with Crippen LogP contribution in [0.1, 0.15) is 25.3 Å². The lowest BCUT2D eigenvalue weighted by Crippen LogP contribution is -2.34. The van der Waals surface area contributed by atoms with Gasteiger partial charge in [0, 0.05) is 25.7 Å². The van der Waals surface area contributed by atoms with E-state index in [9.17, 15) is 8.42 Å². The largest absolute Gasteiger partial charge is 0.313 e. The molecule has 5 nitrogen and oxygen atoms in total. The van der Waals surface area contributed by atoms with Gasteiger partial charge in [-0.25, -0.2) is 8.42 Å². The van der Waals surface area contributed by atoms with Crippen molar-refractivity contribution in [1.82, 2.24) is 14.5 Å². The van der Waals surface area contributed by atoms with Gasteiger partial charge in [0.05, 0.1) is 0 Å². The summed E-state index contributed by atoms with van der Waals surface area (Å²) in [5, 5.41) is 5.24. The van der Waals surface area contributed by atoms with Crippen LogP contribution in [0.3, 0.4) is 0 Å². The molecule has 0 aromatic carbocycles. The summed E-state index contributed by atoms with van der Waals surface area (Å²) in [6, 6.07) is 2.14. The Morgan fingerprint density at radius 2 is 2.24 bits per heavy atom. The monoisotopic (exact) mass is 331 g/mol. The van der Waals surface area contributed by atoms with Gasteiger partial charge in [0.1, 0.15) is 4.21 Å². The second-order valence-electron chi connectivity index (χ2n) is 5.72. The summed E-state index contributed by atoms with van der Waals surface area (Å²) in [7, 11) is 0.689. The number of hydrogen-bond donors (Lipinski definition) is 1. The molecule has 0 saturated carbocycles. The van der Waals surface area contributed by atoms with Crippen LogP contribution < -0.4 is 5.32 Å². The van der Waals surface area contributed by atoms with Crippen molar-refractivity contribution in [2.24, 2.45) is 0 Å². The molecule has 2 rings (SSSR count). The number of nitrogens with one attached hydrogen (secondary N) is 1. The van der Waals surface area contributed by atoms with E-state index in [0.717, 1.165) is 31.5 Å². The van der Waals surface area contributed by atoms with Gasteiger partial charge in [0.2, 0.25) is 0 Å². The third-order valence-corrected chi connectivity index (χ3v) is 7.17. The lowest BCUT2D eigenvalue weighted by atomic mass is 10.2. The van der Waals surface area contributed by atoms with Gasteiger partial charge in [0.25, 0.3) is 10.0 Å². The van der Waals surface area contributed by atoms with Gasteiger partial charge in [0.15, 0.2) is 0 Å². The highest BCUT2D eigenvalue weighted by molar-refractivity contribution is 7.91. The number of likely N-dealkylation sites (N-methyl/N-ethyl adjacent to an activating group) is 1. The standard InChI is InChI=1S/C14H25N3O2S2/c1-4-6-15-9-12-8-14(20-11-12)21(18,19)17-7-5-13(10-17)16(2)3/h8,11,13,15H,4-7,9-10H2,1-3H3. The van der Waals surface area contributed by atoms with Crippen molar-refractivity contribution in [2.75, 3.05) is 33.7 Å². The average molecular weight is 332 g/mol. The van der Waals surface area contributed by atoms with Crippen molar-refractivity contribution in [3.8, 4) is 0 Å². The Bertz CT molecular complexity index is 554. The SMILES string of the molecule is CCCNCc1csc(S(=O)(=O)N2CCC(N(C)C)C2)c1. The molecular formula is C14H25N3O2S2. The van der Waals surface area contributed by atoms with E-state index >= 15 is 0 Å². The summed E-state index contributed by atoms with van der Waals surface area (Å²) in [5.41, 5.74) is 1.05. The first-order valence-electron chi connectivity index (χ1n) is 7.40. The van der Waals surface area contributed by atoms with E-state index < -0.39 is 10.0 Å². The average Bonchev–Trinajstić information content (AvgIpc) is 3.08. The fourth-order valence-electron chi connectivity index (χ4n) is 2.47. The maximum atomic E-state index is 12.6. The first-order chi connectivity index (χ1) is 9.95. The number of sulfonamides is 1. The van der Waals surface area contributed by atoms with Gasteiger partial charge in [-0.1, -0.05) is 6.92 Å². The van der Waals surface area contributed by atoms with Crippen LogP contribution in [0.5, 0.6) is 0 Å². The molecule has 21 heavy (non-hydrogen) atoms. The van der Waals surface area contributed by atoms with Crippen LogP contribution in [0.2, 0.25) is 0 Å². The molecule has 0 bridgehead atoms. The molecule has 1 atom stereocenters. The minimum Gasteiger partial charge on any atom is -0.313 e. The van der Waals surface area contributed by atoms with Gasteiger partial charge >= 0.3 is 0 Å². The predicted molar refractivity (Wildman–Crippen MR) is 87.2 cm³/mol. The predicted octanol–water partition coefficient (Wildman–Crippen LogP) is 1.57. The van der Waals surface area contributed by atoms with E-state index in [4.69, 9.17) is 0 Å². The van der Waals surface area contributed by atoms with Crippen LogP contribution in [0.15, 0.2) is 15.7 Å². The van der Waals surface area contributed by atoms with Gasteiger partial charge in [-0.3, -0.25) is 0 Å². The van der Waals surface area contributed by atoms with Crippen molar-refractivity contribution in [3.05, 3.63) is 17.0 Å². The molecule has 0 spiro atoms. The summed E-state index contributed by atoms with van der Waals surface area (Å²) in [6.45, 7) is 5.02. The third-order valence-electron chi connectivity index (χ3n) is 3.84. The van der Waals surface area contributed by atoms with E-state index in [-0.39, 0.29) is 0 Å². The van der Waals surface area contributed by atoms with E-state index in [1.807, 2.05) is 25.5 Å². The Morgan fingerprint density at radius 3 is 2.86 bits per heavy atom. The van der Waals surface area contributed by atoms with Gasteiger partial charge in [-0.2, -0.15) is 4.31 Å². The van der Waals surface area contributed by atoms with Crippen molar-refractivity contribution in [1.29, 1.82) is 0 Å². The molecule has 1 aliphatic rings. The first-order valence-corrected chi connectivity index (χ1v) is 9.71. The third kappa shape index (κ3) is 4.04. The van der Waals surface area contributed by atoms with Crippen LogP contribution in [0.25, 0.3) is 0 Å². The minimum absolute atomic E-state index is 0.324. The summed E-state index contributed by atoms with van der Waals surface area (Å²) >= 11 is 1.33. The Morgan fingerprint density at radius 1 is 1.48 bits per heavy atom. The number of rotatable bonds is 7. The molecule has 2 heterocycles. The smallest absolute Gasteiger partial charge is 0.252 e. The molecular weight excluding hydrogens is 306 g/mol. The van der Waals surface area contributed by atoms with Crippen LogP contribution in [-0.4, -0.2) is 57.4 Å². The molecule has 0 radical (unpaired) electrons. The van der Waals surface area contributed by atoms with E-state index in [2.05, 4.69) is 17.1 Å². The lowest BCUT2D eigenvalue weighted by Gasteiger charge is -2.19. The van der Waals surface area contributed by atoms with Crippen molar-refractivity contribution in [2.45, 2.75) is 36.6 Å². The molecule has 1 aromatic rings. The minimum atomic E-state index is -3.32. The number of hydrogen-bond acceptors (Lipinski definition) is 5. The normalized spacial score (nSPS) is 20.5. The highest BCUT2D eigenvalue weighted by Crippen LogP contribution is 2.27. The van der Waals surface area contributed by atoms with E-state index in [0.29, 0.717) is 23.3 Å². The van der Waals surface area contributed by atoms with Gasteiger partial charge in [-0.05, 0) is 50.5 Å². The molecule has 1 saturated heterocycles. The fourth-order valence-corrected chi connectivity index (χ4v) is 5.32. The van der Waals surface area contributed by atoms with Crippen molar-refractivity contribution in [3.63, 3.8) is 0 Å². The molecule has 1 fully saturated rings. The topological polar surface area (TPSA) is 52.7 Å². The fraction of sp³-hybridized carbons (Fsp3) is 0.714. The van der Waals surface area contributed by atoms with Gasteiger partial charge in [-0.15, -0.1) is 11.3 Å². The van der Waals surface area contributed by atoms with Crippen molar-refractivity contribution >= 4 is 21.4 Å². The Balaban J connectivity index is 2.03. The van der Waals surface area contributed by atoms with E-state index in [1.54, 1.807) is 4.31 Å². The quantitative estimate of drug-likeness (QED) is 0.771. The Hall–Kier alpha value is -0.470. The molecule has 1 N–H and O–H groups in total. The lowest BCUT2D eigenvalue weighted by molar-refractivity contribution is 0.302. The zero-order chi connectivity index (χ0) is 15.5. The molecule has 1 unspecified atom stereocenters. The van der Waals surface area contributed by atoms with Crippen LogP contribution in [0.4, 0.5) is 0 Å². The van der Waals surface area contributed by atoms with Crippen molar-refractivity contribution < 1.29 is 8.42 Å². The second-order valence-corrected chi connectivity index (χ2v) is 8.80. The highest BCUT2D eigenvalue weighted by Gasteiger charge is 2.34. The zero-order valence-corrected chi connectivity index (χ0v) is 14.6. The van der Waals surface area contributed by atoms with E-state index in [1.165, 1.54) is 11.3 Å². The maximum Gasteiger partial charge on any atom is 0.252 e. The Kier molecular flexibility index (Phi) is 5.79. The number of thiophene rings is 1. The molecule has 0 amide bonds. The molecule has 120 valence electrons. The van der Waals surface area contributed by atoms with Crippen LogP contribution >= 0.6 is 11.3 Å². The maximum absolute atomic E-state index is 12.6. The molecule has 1 aromatic heterocycles. The molecule has 1 aliphatic heterocycles. The zero-order valence-electron chi connectivity index (χ0n) is 13.0. The highest BCUT2D eigenvalue weighted by atomic mass is 32.2. The summed E-state index contributed by atoms with van der Waals surface area (Å²) in [6.07, 6.45) is 1.98. The summed E-state index contributed by atoms with van der Waals surface area (Å²) in [5.74, 6) is 0. The van der Waals surface area contributed by atoms with Gasteiger partial charge < -0.3 is 10.2 Å². The number of nitrogens with zero attached hydrogens (tertiary/aromatic N) is 2. The molecule has 7 heteroatoms.